The average Bonchev–Trinajstić information content (AvgIpc) is 3.30. The lowest BCUT2D eigenvalue weighted by Crippen LogP contribution is -2.18. The van der Waals surface area contributed by atoms with E-state index in [0.29, 0.717) is 23.6 Å². The Morgan fingerprint density at radius 2 is 2.04 bits per heavy atom. The molecule has 4 heterocycles. The second kappa shape index (κ2) is 6.31. The van der Waals surface area contributed by atoms with Gasteiger partial charge in [0.1, 0.15) is 5.76 Å². The van der Waals surface area contributed by atoms with Crippen molar-refractivity contribution in [3.05, 3.63) is 52.6 Å². The van der Waals surface area contributed by atoms with Crippen molar-refractivity contribution in [1.82, 2.24) is 34.7 Å². The fraction of sp³-hybridized carbons (Fsp3) is 0.294. The molecule has 0 unspecified atom stereocenters. The van der Waals surface area contributed by atoms with Crippen molar-refractivity contribution >= 4 is 17.2 Å². The van der Waals surface area contributed by atoms with Gasteiger partial charge in [0, 0.05) is 17.8 Å². The van der Waals surface area contributed by atoms with Crippen molar-refractivity contribution in [2.24, 2.45) is 0 Å². The SMILES string of the molecule is Cc1cc2nnc(C(=O)Nc3cnn(Cc4c(C)noc4C)c3)c(C)n2n1. The zero-order valence-electron chi connectivity index (χ0n) is 15.4. The van der Waals surface area contributed by atoms with Gasteiger partial charge in [-0.15, -0.1) is 10.2 Å². The van der Waals surface area contributed by atoms with Crippen LogP contribution in [0.25, 0.3) is 5.65 Å². The van der Waals surface area contributed by atoms with E-state index >= 15 is 0 Å². The summed E-state index contributed by atoms with van der Waals surface area (Å²) in [6, 6.07) is 1.81. The molecule has 4 rings (SSSR count). The van der Waals surface area contributed by atoms with Gasteiger partial charge >= 0.3 is 0 Å². The molecular weight excluding hydrogens is 348 g/mol. The van der Waals surface area contributed by atoms with E-state index in [1.54, 1.807) is 34.6 Å². The smallest absolute Gasteiger partial charge is 0.278 e. The summed E-state index contributed by atoms with van der Waals surface area (Å²) in [6.07, 6.45) is 3.32. The highest BCUT2D eigenvalue weighted by atomic mass is 16.5. The van der Waals surface area contributed by atoms with Gasteiger partial charge in [-0.2, -0.15) is 10.2 Å². The highest BCUT2D eigenvalue weighted by molar-refractivity contribution is 6.03. The quantitative estimate of drug-likeness (QED) is 0.586. The van der Waals surface area contributed by atoms with Crippen LogP contribution in [-0.4, -0.2) is 40.7 Å². The summed E-state index contributed by atoms with van der Waals surface area (Å²) < 4.78 is 8.48. The van der Waals surface area contributed by atoms with E-state index < -0.39 is 0 Å². The topological polar surface area (TPSA) is 116 Å². The molecule has 0 aliphatic heterocycles. The number of amides is 1. The van der Waals surface area contributed by atoms with E-state index in [9.17, 15) is 4.79 Å². The number of aryl methyl sites for hydroxylation is 4. The number of hydrogen-bond donors (Lipinski definition) is 1. The number of aromatic nitrogens is 7. The number of anilines is 1. The van der Waals surface area contributed by atoms with Crippen molar-refractivity contribution in [2.75, 3.05) is 5.32 Å². The molecular formula is C17H18N8O2. The van der Waals surface area contributed by atoms with Gasteiger partial charge in [-0.3, -0.25) is 9.48 Å². The molecule has 0 saturated carbocycles. The van der Waals surface area contributed by atoms with Gasteiger partial charge in [0.25, 0.3) is 5.91 Å². The van der Waals surface area contributed by atoms with Crippen molar-refractivity contribution < 1.29 is 9.32 Å². The molecule has 0 aliphatic carbocycles. The van der Waals surface area contributed by atoms with Gasteiger partial charge in [-0.05, 0) is 27.7 Å². The Bertz CT molecular complexity index is 1130. The third kappa shape index (κ3) is 3.05. The first-order chi connectivity index (χ1) is 12.9. The number of hydrogen-bond acceptors (Lipinski definition) is 7. The molecule has 1 N–H and O–H groups in total. The van der Waals surface area contributed by atoms with E-state index in [0.717, 1.165) is 22.7 Å². The number of fused-ring (bicyclic) bond motifs is 1. The summed E-state index contributed by atoms with van der Waals surface area (Å²) in [5, 5.41) is 23.4. The number of nitrogens with zero attached hydrogens (tertiary/aromatic N) is 7. The van der Waals surface area contributed by atoms with Crippen LogP contribution < -0.4 is 5.32 Å². The Morgan fingerprint density at radius 3 is 2.78 bits per heavy atom. The van der Waals surface area contributed by atoms with Crippen LogP contribution in [0.3, 0.4) is 0 Å². The van der Waals surface area contributed by atoms with Gasteiger partial charge in [0.2, 0.25) is 0 Å². The van der Waals surface area contributed by atoms with Crippen molar-refractivity contribution in [1.29, 1.82) is 0 Å². The second-order valence-corrected chi connectivity index (χ2v) is 6.37. The molecule has 27 heavy (non-hydrogen) atoms. The molecule has 0 atom stereocenters. The summed E-state index contributed by atoms with van der Waals surface area (Å²) in [4.78, 5) is 12.6. The molecule has 1 amide bonds. The standard InChI is InChI=1S/C17H18N8O2/c1-9-5-15-20-21-16(11(3)25(15)22-9)17(26)19-13-6-18-24(7-13)8-14-10(2)23-27-12(14)4/h5-7H,8H2,1-4H3,(H,19,26). The third-order valence-electron chi connectivity index (χ3n) is 4.33. The molecule has 10 heteroatoms. The van der Waals surface area contributed by atoms with Gasteiger partial charge in [-0.25, -0.2) is 4.52 Å². The maximum absolute atomic E-state index is 12.6. The fourth-order valence-electron chi connectivity index (χ4n) is 2.88. The molecule has 138 valence electrons. The minimum absolute atomic E-state index is 0.212. The lowest BCUT2D eigenvalue weighted by Gasteiger charge is -2.05. The number of rotatable bonds is 4. The van der Waals surface area contributed by atoms with E-state index in [1.807, 2.05) is 20.8 Å². The van der Waals surface area contributed by atoms with Crippen LogP contribution in [0.2, 0.25) is 0 Å². The Kier molecular flexibility index (Phi) is 3.94. The Labute approximate surface area is 154 Å². The predicted molar refractivity (Wildman–Crippen MR) is 95.5 cm³/mol. The van der Waals surface area contributed by atoms with Crippen LogP contribution >= 0.6 is 0 Å². The minimum Gasteiger partial charge on any atom is -0.361 e. The largest absolute Gasteiger partial charge is 0.361 e. The van der Waals surface area contributed by atoms with Crippen LogP contribution in [0.4, 0.5) is 5.69 Å². The van der Waals surface area contributed by atoms with Gasteiger partial charge in [0.05, 0.1) is 35.5 Å². The summed E-state index contributed by atoms with van der Waals surface area (Å²) in [7, 11) is 0. The minimum atomic E-state index is -0.369. The van der Waals surface area contributed by atoms with Crippen LogP contribution in [0.5, 0.6) is 0 Å². The summed E-state index contributed by atoms with van der Waals surface area (Å²) in [5.41, 5.74) is 4.60. The average molecular weight is 366 g/mol. The summed E-state index contributed by atoms with van der Waals surface area (Å²) in [5.74, 6) is 0.384. The zero-order valence-corrected chi connectivity index (χ0v) is 15.4. The van der Waals surface area contributed by atoms with E-state index in [4.69, 9.17) is 4.52 Å². The molecule has 0 radical (unpaired) electrons. The maximum Gasteiger partial charge on any atom is 0.278 e. The Hall–Kier alpha value is -3.56. The fourth-order valence-corrected chi connectivity index (χ4v) is 2.88. The number of carbonyl (C=O) groups is 1. The molecule has 4 aromatic heterocycles. The monoisotopic (exact) mass is 366 g/mol. The molecule has 0 aliphatic rings. The number of carbonyl (C=O) groups excluding carboxylic acids is 1. The summed E-state index contributed by atoms with van der Waals surface area (Å²) >= 11 is 0. The lowest BCUT2D eigenvalue weighted by molar-refractivity contribution is 0.102. The Morgan fingerprint density at radius 1 is 1.22 bits per heavy atom. The first-order valence-electron chi connectivity index (χ1n) is 8.37. The second-order valence-electron chi connectivity index (χ2n) is 6.37. The van der Waals surface area contributed by atoms with Crippen molar-refractivity contribution in [2.45, 2.75) is 34.2 Å². The van der Waals surface area contributed by atoms with E-state index in [1.165, 1.54) is 0 Å². The maximum atomic E-state index is 12.6. The highest BCUT2D eigenvalue weighted by Crippen LogP contribution is 2.16. The third-order valence-corrected chi connectivity index (χ3v) is 4.33. The van der Waals surface area contributed by atoms with Crippen LogP contribution in [-0.2, 0) is 6.54 Å². The summed E-state index contributed by atoms with van der Waals surface area (Å²) in [6.45, 7) is 7.89. The molecule has 0 saturated heterocycles. The first-order valence-corrected chi connectivity index (χ1v) is 8.37. The van der Waals surface area contributed by atoms with Crippen molar-refractivity contribution in [3.8, 4) is 0 Å². The van der Waals surface area contributed by atoms with Crippen molar-refractivity contribution in [3.63, 3.8) is 0 Å². The van der Waals surface area contributed by atoms with Crippen LogP contribution in [0.1, 0.15) is 38.9 Å². The van der Waals surface area contributed by atoms with E-state index in [-0.39, 0.29) is 11.6 Å². The molecule has 0 spiro atoms. The van der Waals surface area contributed by atoms with Crippen LogP contribution in [0.15, 0.2) is 23.0 Å². The lowest BCUT2D eigenvalue weighted by atomic mass is 10.2. The first kappa shape index (κ1) is 16.9. The molecule has 10 nitrogen and oxygen atoms in total. The zero-order chi connectivity index (χ0) is 19.1. The van der Waals surface area contributed by atoms with Gasteiger partial charge in [-0.1, -0.05) is 5.16 Å². The predicted octanol–water partition coefficient (Wildman–Crippen LogP) is 1.84. The normalized spacial score (nSPS) is 11.3. The number of nitrogens with one attached hydrogen (secondary N) is 1. The molecule has 0 aromatic carbocycles. The molecule has 0 bridgehead atoms. The van der Waals surface area contributed by atoms with E-state index in [2.05, 4.69) is 30.9 Å². The Balaban J connectivity index is 1.54. The molecule has 4 aromatic rings. The highest BCUT2D eigenvalue weighted by Gasteiger charge is 2.17. The van der Waals surface area contributed by atoms with Crippen LogP contribution in [0, 0.1) is 27.7 Å². The van der Waals surface area contributed by atoms with Gasteiger partial charge < -0.3 is 9.84 Å². The van der Waals surface area contributed by atoms with Gasteiger partial charge in [0.15, 0.2) is 11.3 Å². The molecule has 0 fully saturated rings.